The highest BCUT2D eigenvalue weighted by atomic mass is 16.5. The fraction of sp³-hybridized carbons (Fsp3) is 0.500. The summed E-state index contributed by atoms with van der Waals surface area (Å²) in [4.78, 5) is 15.3. The average molecular weight is 253 g/mol. The van der Waals surface area contributed by atoms with Gasteiger partial charge in [-0.3, -0.25) is 0 Å². The van der Waals surface area contributed by atoms with Crippen LogP contribution >= 0.6 is 0 Å². The van der Waals surface area contributed by atoms with E-state index in [-0.39, 0.29) is 17.8 Å². The summed E-state index contributed by atoms with van der Waals surface area (Å²) in [5, 5.41) is 3.02. The lowest BCUT2D eigenvalue weighted by atomic mass is 10.1. The van der Waals surface area contributed by atoms with E-state index in [0.29, 0.717) is 11.7 Å². The van der Waals surface area contributed by atoms with Gasteiger partial charge in [0.05, 0.1) is 7.11 Å². The van der Waals surface area contributed by atoms with Gasteiger partial charge in [0, 0.05) is 5.54 Å². The molecule has 18 heavy (non-hydrogen) atoms. The molecule has 6 nitrogen and oxygen atoms in total. The summed E-state index contributed by atoms with van der Waals surface area (Å²) in [5.74, 6) is 0.531. The second-order valence-electron chi connectivity index (χ2n) is 4.83. The van der Waals surface area contributed by atoms with Gasteiger partial charge in [-0.15, -0.1) is 0 Å². The Balaban J connectivity index is 2.61. The van der Waals surface area contributed by atoms with Crippen LogP contribution in [0, 0.1) is 0 Å². The summed E-state index contributed by atoms with van der Waals surface area (Å²) in [6.07, 6.45) is 0. The third-order valence-corrected chi connectivity index (χ3v) is 1.96. The molecule has 0 unspecified atom stereocenters. The Bertz CT molecular complexity index is 444. The van der Waals surface area contributed by atoms with Crippen molar-refractivity contribution in [2.75, 3.05) is 7.11 Å². The number of rotatable bonds is 3. The molecule has 3 N–H and O–H groups in total. The number of carbonyl (C=O) groups is 1. The number of nitrogens with one attached hydrogen (secondary N) is 1. The predicted octanol–water partition coefficient (Wildman–Crippen LogP) is 1.27. The quantitative estimate of drug-likeness (QED) is 0.481. The fourth-order valence-electron chi connectivity index (χ4n) is 1.26. The Morgan fingerprint density at radius 2 is 2.17 bits per heavy atom. The Kier molecular flexibility index (Phi) is 4.36. The van der Waals surface area contributed by atoms with E-state index in [1.54, 1.807) is 12.1 Å². The fourth-order valence-corrected chi connectivity index (χ4v) is 1.26. The molecule has 0 atom stereocenters. The molecule has 0 spiro atoms. The highest BCUT2D eigenvalue weighted by Crippen LogP contribution is 2.10. The van der Waals surface area contributed by atoms with Crippen molar-refractivity contribution in [3.8, 4) is 0 Å². The number of nitrogens with two attached hydrogens (primary N) is 1. The molecule has 100 valence electrons. The molecule has 0 fully saturated rings. The first-order chi connectivity index (χ1) is 8.31. The van der Waals surface area contributed by atoms with Crippen molar-refractivity contribution >= 4 is 11.9 Å². The second-order valence-corrected chi connectivity index (χ2v) is 4.83. The van der Waals surface area contributed by atoms with Crippen molar-refractivity contribution < 1.29 is 13.9 Å². The first-order valence-electron chi connectivity index (χ1n) is 5.57. The van der Waals surface area contributed by atoms with E-state index >= 15 is 0 Å². The summed E-state index contributed by atoms with van der Waals surface area (Å²) in [5.41, 5.74) is 5.56. The van der Waals surface area contributed by atoms with Crippen LogP contribution in [0.25, 0.3) is 0 Å². The van der Waals surface area contributed by atoms with Crippen molar-refractivity contribution in [1.29, 1.82) is 0 Å². The number of nitrogens with zero attached hydrogens (tertiary/aromatic N) is 1. The molecule has 6 heteroatoms. The van der Waals surface area contributed by atoms with Crippen molar-refractivity contribution in [2.45, 2.75) is 32.9 Å². The molecule has 0 saturated carbocycles. The SMILES string of the molecule is COC(=O)c1ccc(CN=C(N)NC(C)(C)C)o1. The van der Waals surface area contributed by atoms with Crippen LogP contribution in [0.2, 0.25) is 0 Å². The maximum Gasteiger partial charge on any atom is 0.373 e. The monoisotopic (exact) mass is 253 g/mol. The highest BCUT2D eigenvalue weighted by molar-refractivity contribution is 5.86. The minimum Gasteiger partial charge on any atom is -0.463 e. The van der Waals surface area contributed by atoms with Gasteiger partial charge in [0.1, 0.15) is 12.3 Å². The van der Waals surface area contributed by atoms with E-state index in [2.05, 4.69) is 15.0 Å². The van der Waals surface area contributed by atoms with E-state index < -0.39 is 5.97 Å². The molecule has 0 saturated heterocycles. The Labute approximate surface area is 106 Å². The van der Waals surface area contributed by atoms with Gasteiger partial charge in [-0.25, -0.2) is 9.79 Å². The lowest BCUT2D eigenvalue weighted by Crippen LogP contribution is -2.44. The van der Waals surface area contributed by atoms with Crippen LogP contribution in [0.3, 0.4) is 0 Å². The number of ether oxygens (including phenoxy) is 1. The Morgan fingerprint density at radius 1 is 1.50 bits per heavy atom. The van der Waals surface area contributed by atoms with Gasteiger partial charge in [0.25, 0.3) is 0 Å². The third kappa shape index (κ3) is 4.48. The molecule has 1 rings (SSSR count). The molecule has 0 radical (unpaired) electrons. The molecule has 1 heterocycles. The van der Waals surface area contributed by atoms with Crippen molar-refractivity contribution in [3.05, 3.63) is 23.7 Å². The second kappa shape index (κ2) is 5.57. The number of aliphatic imine (C=N–C) groups is 1. The molecule has 0 aliphatic rings. The topological polar surface area (TPSA) is 89.8 Å². The van der Waals surface area contributed by atoms with Crippen LogP contribution in [0.15, 0.2) is 21.5 Å². The summed E-state index contributed by atoms with van der Waals surface area (Å²) in [7, 11) is 1.30. The third-order valence-electron chi connectivity index (χ3n) is 1.96. The number of guanidine groups is 1. The summed E-state index contributed by atoms with van der Waals surface area (Å²) in [6, 6.07) is 3.21. The van der Waals surface area contributed by atoms with Crippen LogP contribution in [0.5, 0.6) is 0 Å². The number of methoxy groups -OCH3 is 1. The molecule has 1 aromatic heterocycles. The molecule has 0 bridgehead atoms. The molecular weight excluding hydrogens is 234 g/mol. The Hall–Kier alpha value is -1.98. The minimum absolute atomic E-state index is 0.145. The molecular formula is C12H19N3O3. The smallest absolute Gasteiger partial charge is 0.373 e. The van der Waals surface area contributed by atoms with Gasteiger partial charge in [-0.2, -0.15) is 0 Å². The minimum atomic E-state index is -0.508. The largest absolute Gasteiger partial charge is 0.463 e. The highest BCUT2D eigenvalue weighted by Gasteiger charge is 2.12. The van der Waals surface area contributed by atoms with E-state index in [9.17, 15) is 4.79 Å². The van der Waals surface area contributed by atoms with Gasteiger partial charge >= 0.3 is 5.97 Å². The van der Waals surface area contributed by atoms with Crippen molar-refractivity contribution in [2.24, 2.45) is 10.7 Å². The van der Waals surface area contributed by atoms with Crippen LogP contribution in [0.1, 0.15) is 37.1 Å². The maximum absolute atomic E-state index is 11.2. The summed E-state index contributed by atoms with van der Waals surface area (Å²) < 4.78 is 9.79. The summed E-state index contributed by atoms with van der Waals surface area (Å²) in [6.45, 7) is 6.22. The van der Waals surface area contributed by atoms with Crippen LogP contribution in [-0.4, -0.2) is 24.6 Å². The average Bonchev–Trinajstić information content (AvgIpc) is 2.71. The predicted molar refractivity (Wildman–Crippen MR) is 68.3 cm³/mol. The molecule has 0 aliphatic heterocycles. The number of esters is 1. The van der Waals surface area contributed by atoms with Gasteiger partial charge in [0.2, 0.25) is 5.76 Å². The van der Waals surface area contributed by atoms with Crippen LogP contribution in [-0.2, 0) is 11.3 Å². The van der Waals surface area contributed by atoms with Crippen LogP contribution in [0.4, 0.5) is 0 Å². The van der Waals surface area contributed by atoms with Crippen molar-refractivity contribution in [3.63, 3.8) is 0 Å². The number of furan rings is 1. The first-order valence-corrected chi connectivity index (χ1v) is 5.57. The van der Waals surface area contributed by atoms with Gasteiger partial charge in [0.15, 0.2) is 5.96 Å². The zero-order valence-electron chi connectivity index (χ0n) is 11.1. The molecule has 0 amide bonds. The van der Waals surface area contributed by atoms with E-state index in [0.717, 1.165) is 0 Å². The van der Waals surface area contributed by atoms with Crippen LogP contribution < -0.4 is 11.1 Å². The van der Waals surface area contributed by atoms with Crippen molar-refractivity contribution in [1.82, 2.24) is 5.32 Å². The first kappa shape index (κ1) is 14.1. The van der Waals surface area contributed by atoms with E-state index in [1.807, 2.05) is 20.8 Å². The maximum atomic E-state index is 11.2. The lowest BCUT2D eigenvalue weighted by molar-refractivity contribution is 0.0563. The standard InChI is InChI=1S/C12H19N3O3/c1-12(2,3)15-11(13)14-7-8-5-6-9(18-8)10(16)17-4/h5-6H,7H2,1-4H3,(H3,13,14,15). The zero-order chi connectivity index (χ0) is 13.8. The number of carbonyl (C=O) groups excluding carboxylic acids is 1. The number of hydrogen-bond donors (Lipinski definition) is 2. The Morgan fingerprint density at radius 3 is 2.72 bits per heavy atom. The summed E-state index contributed by atoms with van der Waals surface area (Å²) >= 11 is 0. The zero-order valence-corrected chi connectivity index (χ0v) is 11.1. The van der Waals surface area contributed by atoms with Gasteiger partial charge in [-0.1, -0.05) is 0 Å². The normalized spacial score (nSPS) is 12.3. The van der Waals surface area contributed by atoms with E-state index in [1.165, 1.54) is 7.11 Å². The molecule has 0 aromatic carbocycles. The van der Waals surface area contributed by atoms with Gasteiger partial charge < -0.3 is 20.2 Å². The van der Waals surface area contributed by atoms with Gasteiger partial charge in [-0.05, 0) is 32.9 Å². The van der Waals surface area contributed by atoms with E-state index in [4.69, 9.17) is 10.2 Å². The molecule has 1 aromatic rings. The lowest BCUT2D eigenvalue weighted by Gasteiger charge is -2.20. The number of hydrogen-bond acceptors (Lipinski definition) is 4. The molecule has 0 aliphatic carbocycles.